The molecule has 0 aliphatic heterocycles. The predicted octanol–water partition coefficient (Wildman–Crippen LogP) is 4.08. The number of nitrogens with zero attached hydrogens (tertiary/aromatic N) is 2. The molecule has 1 heterocycles. The van der Waals surface area contributed by atoms with Crippen LogP contribution in [0.25, 0.3) is 5.69 Å². The minimum absolute atomic E-state index is 0.222. The third-order valence-corrected chi connectivity index (χ3v) is 3.54. The second-order valence-electron chi connectivity index (χ2n) is 5.49. The first-order valence-corrected chi connectivity index (χ1v) is 6.85. The molecule has 1 saturated carbocycles. The van der Waals surface area contributed by atoms with Gasteiger partial charge in [0, 0.05) is 17.9 Å². The Labute approximate surface area is 120 Å². The van der Waals surface area contributed by atoms with Gasteiger partial charge in [0.1, 0.15) is 0 Å². The standard InChI is InChI=1S/C15H16F3N3/c1-9-3-6-12(7-13(9)15(16,17)18)21-8-10(2)19-14(21)20-11-4-5-11/h3,6-8,11H,4-5H2,1-2H3,(H,19,20). The van der Waals surface area contributed by atoms with Crippen molar-refractivity contribution in [2.24, 2.45) is 0 Å². The van der Waals surface area contributed by atoms with Gasteiger partial charge in [-0.3, -0.25) is 4.57 Å². The smallest absolute Gasteiger partial charge is 0.353 e. The summed E-state index contributed by atoms with van der Waals surface area (Å²) in [6, 6.07) is 4.74. The van der Waals surface area contributed by atoms with Gasteiger partial charge in [-0.15, -0.1) is 0 Å². The number of aromatic nitrogens is 2. The van der Waals surface area contributed by atoms with Crippen LogP contribution in [0.2, 0.25) is 0 Å². The Kier molecular flexibility index (Phi) is 3.19. The zero-order chi connectivity index (χ0) is 15.2. The van der Waals surface area contributed by atoms with Crippen molar-refractivity contribution in [1.29, 1.82) is 0 Å². The molecule has 1 aliphatic rings. The average molecular weight is 295 g/mol. The van der Waals surface area contributed by atoms with Crippen molar-refractivity contribution in [3.8, 4) is 5.69 Å². The molecule has 3 nitrogen and oxygen atoms in total. The summed E-state index contributed by atoms with van der Waals surface area (Å²) in [4.78, 5) is 4.35. The van der Waals surface area contributed by atoms with Crippen LogP contribution >= 0.6 is 0 Å². The van der Waals surface area contributed by atoms with E-state index in [4.69, 9.17) is 0 Å². The normalized spacial score (nSPS) is 15.3. The molecule has 1 aromatic carbocycles. The number of benzene rings is 1. The average Bonchev–Trinajstić information content (AvgIpc) is 3.11. The first kappa shape index (κ1) is 14.0. The van der Waals surface area contributed by atoms with Gasteiger partial charge >= 0.3 is 6.18 Å². The molecule has 1 aromatic heterocycles. The highest BCUT2D eigenvalue weighted by molar-refractivity contribution is 5.48. The Morgan fingerprint density at radius 2 is 1.95 bits per heavy atom. The molecule has 1 fully saturated rings. The fraction of sp³-hybridized carbons (Fsp3) is 0.400. The molecule has 0 saturated heterocycles. The largest absolute Gasteiger partial charge is 0.416 e. The van der Waals surface area contributed by atoms with Crippen LogP contribution in [0.1, 0.15) is 29.7 Å². The Hall–Kier alpha value is -1.98. The van der Waals surface area contributed by atoms with Gasteiger partial charge in [0.25, 0.3) is 0 Å². The second-order valence-corrected chi connectivity index (χ2v) is 5.49. The summed E-state index contributed by atoms with van der Waals surface area (Å²) in [5, 5.41) is 3.25. The van der Waals surface area contributed by atoms with Crippen LogP contribution < -0.4 is 5.32 Å². The number of aryl methyl sites for hydroxylation is 2. The van der Waals surface area contributed by atoms with Gasteiger partial charge in [0.2, 0.25) is 5.95 Å². The number of hydrogen-bond acceptors (Lipinski definition) is 2. The molecule has 0 atom stereocenters. The molecule has 1 N–H and O–H groups in total. The fourth-order valence-electron chi connectivity index (χ4n) is 2.27. The van der Waals surface area contributed by atoms with Gasteiger partial charge in [-0.05, 0) is 44.4 Å². The van der Waals surface area contributed by atoms with Gasteiger partial charge in [-0.2, -0.15) is 13.2 Å². The number of halogens is 3. The van der Waals surface area contributed by atoms with E-state index in [9.17, 15) is 13.2 Å². The molecule has 3 rings (SSSR count). The maximum atomic E-state index is 13.0. The molecule has 2 aromatic rings. The number of anilines is 1. The monoisotopic (exact) mass is 295 g/mol. The molecule has 1 aliphatic carbocycles. The van der Waals surface area contributed by atoms with Crippen molar-refractivity contribution in [1.82, 2.24) is 9.55 Å². The highest BCUT2D eigenvalue weighted by Crippen LogP contribution is 2.34. The zero-order valence-electron chi connectivity index (χ0n) is 11.8. The first-order valence-electron chi connectivity index (χ1n) is 6.85. The zero-order valence-corrected chi connectivity index (χ0v) is 11.8. The van der Waals surface area contributed by atoms with E-state index in [-0.39, 0.29) is 5.56 Å². The van der Waals surface area contributed by atoms with Crippen molar-refractivity contribution >= 4 is 5.95 Å². The van der Waals surface area contributed by atoms with Crippen LogP contribution in [0.5, 0.6) is 0 Å². The first-order chi connectivity index (χ1) is 9.84. The van der Waals surface area contributed by atoms with Gasteiger partial charge in [0.05, 0.1) is 11.3 Å². The van der Waals surface area contributed by atoms with Crippen molar-refractivity contribution < 1.29 is 13.2 Å². The van der Waals surface area contributed by atoms with E-state index >= 15 is 0 Å². The molecule has 112 valence electrons. The number of nitrogens with one attached hydrogen (secondary N) is 1. The van der Waals surface area contributed by atoms with Crippen LogP contribution in [0.4, 0.5) is 19.1 Å². The molecule has 0 unspecified atom stereocenters. The van der Waals surface area contributed by atoms with Gasteiger partial charge < -0.3 is 5.32 Å². The summed E-state index contributed by atoms with van der Waals surface area (Å²) < 4.78 is 40.8. The lowest BCUT2D eigenvalue weighted by Crippen LogP contribution is -2.11. The lowest BCUT2D eigenvalue weighted by molar-refractivity contribution is -0.138. The van der Waals surface area contributed by atoms with Crippen LogP contribution in [0, 0.1) is 13.8 Å². The van der Waals surface area contributed by atoms with E-state index in [1.54, 1.807) is 16.8 Å². The Balaban J connectivity index is 2.04. The lowest BCUT2D eigenvalue weighted by Gasteiger charge is -2.14. The maximum Gasteiger partial charge on any atom is 0.416 e. The van der Waals surface area contributed by atoms with Crippen molar-refractivity contribution in [3.63, 3.8) is 0 Å². The van der Waals surface area contributed by atoms with Gasteiger partial charge in [0.15, 0.2) is 0 Å². The summed E-state index contributed by atoms with van der Waals surface area (Å²) >= 11 is 0. The van der Waals surface area contributed by atoms with E-state index in [1.165, 1.54) is 19.1 Å². The summed E-state index contributed by atoms with van der Waals surface area (Å²) in [5.41, 5.74) is 0.854. The molecule has 6 heteroatoms. The van der Waals surface area contributed by atoms with Crippen molar-refractivity contribution in [2.75, 3.05) is 5.32 Å². The molecular weight excluding hydrogens is 279 g/mol. The number of imidazole rings is 1. The Morgan fingerprint density at radius 3 is 2.57 bits per heavy atom. The molecule has 0 spiro atoms. The van der Waals surface area contributed by atoms with E-state index in [0.717, 1.165) is 18.5 Å². The summed E-state index contributed by atoms with van der Waals surface area (Å²) in [6.07, 6.45) is -0.448. The van der Waals surface area contributed by atoms with Gasteiger partial charge in [-0.25, -0.2) is 4.98 Å². The van der Waals surface area contributed by atoms with Crippen molar-refractivity contribution in [3.05, 3.63) is 41.2 Å². The SMILES string of the molecule is Cc1cn(-c2ccc(C)c(C(F)(F)F)c2)c(NC2CC2)n1. The Morgan fingerprint density at radius 1 is 1.24 bits per heavy atom. The second kappa shape index (κ2) is 4.79. The lowest BCUT2D eigenvalue weighted by atomic mass is 10.1. The van der Waals surface area contributed by atoms with E-state index in [1.807, 2.05) is 6.92 Å². The summed E-state index contributed by atoms with van der Waals surface area (Å²) in [7, 11) is 0. The van der Waals surface area contributed by atoms with Crippen LogP contribution in [-0.4, -0.2) is 15.6 Å². The maximum absolute atomic E-state index is 13.0. The molecular formula is C15H16F3N3. The molecule has 0 radical (unpaired) electrons. The Bertz CT molecular complexity index is 669. The van der Waals surface area contributed by atoms with Crippen LogP contribution in [-0.2, 0) is 6.18 Å². The van der Waals surface area contributed by atoms with Crippen molar-refractivity contribution in [2.45, 2.75) is 38.9 Å². The van der Waals surface area contributed by atoms with Crippen LogP contribution in [0.3, 0.4) is 0 Å². The third kappa shape index (κ3) is 2.89. The quantitative estimate of drug-likeness (QED) is 0.924. The minimum atomic E-state index is -4.35. The van der Waals surface area contributed by atoms with E-state index in [2.05, 4.69) is 10.3 Å². The number of hydrogen-bond donors (Lipinski definition) is 1. The minimum Gasteiger partial charge on any atom is -0.353 e. The highest BCUT2D eigenvalue weighted by Gasteiger charge is 2.33. The summed E-state index contributed by atoms with van der Waals surface area (Å²) in [6.45, 7) is 3.29. The predicted molar refractivity (Wildman–Crippen MR) is 74.7 cm³/mol. The number of rotatable bonds is 3. The molecule has 0 amide bonds. The summed E-state index contributed by atoms with van der Waals surface area (Å²) in [5.74, 6) is 0.604. The van der Waals surface area contributed by atoms with E-state index in [0.29, 0.717) is 17.7 Å². The fourth-order valence-corrected chi connectivity index (χ4v) is 2.27. The number of alkyl halides is 3. The molecule has 21 heavy (non-hydrogen) atoms. The highest BCUT2D eigenvalue weighted by atomic mass is 19.4. The van der Waals surface area contributed by atoms with E-state index < -0.39 is 11.7 Å². The van der Waals surface area contributed by atoms with Crippen LogP contribution in [0.15, 0.2) is 24.4 Å². The van der Waals surface area contributed by atoms with Gasteiger partial charge in [-0.1, -0.05) is 6.07 Å². The molecule has 0 bridgehead atoms. The topological polar surface area (TPSA) is 29.9 Å². The third-order valence-electron chi connectivity index (χ3n) is 3.54.